The van der Waals surface area contributed by atoms with Gasteiger partial charge in [-0.15, -0.1) is 0 Å². The van der Waals surface area contributed by atoms with Crippen molar-refractivity contribution >= 4 is 17.2 Å². The van der Waals surface area contributed by atoms with Crippen molar-refractivity contribution in [2.45, 2.75) is 6.92 Å². The van der Waals surface area contributed by atoms with Crippen molar-refractivity contribution in [3.8, 4) is 11.3 Å². The number of H-pyrrole nitrogens is 2. The van der Waals surface area contributed by atoms with E-state index in [0.717, 1.165) is 34.1 Å². The smallest absolute Gasteiger partial charge is 0.153 e. The summed E-state index contributed by atoms with van der Waals surface area (Å²) < 4.78 is 0. The standard InChI is InChI=1S/C13H11N3O/c1-8-12(13-9(7-17)6-14-16-13)10-4-2-3-5-11(10)15-8/h2-7,15H,1H3,(H,14,16). The summed E-state index contributed by atoms with van der Waals surface area (Å²) in [6.07, 6.45) is 2.36. The van der Waals surface area contributed by atoms with Gasteiger partial charge in [-0.2, -0.15) is 5.10 Å². The van der Waals surface area contributed by atoms with Crippen LogP contribution >= 0.6 is 0 Å². The molecule has 2 N–H and O–H groups in total. The molecule has 3 rings (SSSR count). The van der Waals surface area contributed by atoms with Gasteiger partial charge in [0.1, 0.15) is 0 Å². The Morgan fingerprint density at radius 3 is 2.94 bits per heavy atom. The molecule has 0 aliphatic heterocycles. The van der Waals surface area contributed by atoms with Crippen molar-refractivity contribution in [3.05, 3.63) is 41.7 Å². The Labute approximate surface area is 97.7 Å². The fraction of sp³-hybridized carbons (Fsp3) is 0.0769. The Morgan fingerprint density at radius 2 is 2.12 bits per heavy atom. The Hall–Kier alpha value is -2.36. The van der Waals surface area contributed by atoms with E-state index in [0.29, 0.717) is 5.56 Å². The number of rotatable bonds is 2. The topological polar surface area (TPSA) is 61.5 Å². The van der Waals surface area contributed by atoms with Crippen molar-refractivity contribution in [2.75, 3.05) is 0 Å². The van der Waals surface area contributed by atoms with Crippen LogP contribution in [-0.2, 0) is 0 Å². The Morgan fingerprint density at radius 1 is 1.29 bits per heavy atom. The molecule has 2 aromatic heterocycles. The van der Waals surface area contributed by atoms with Gasteiger partial charge in [-0.1, -0.05) is 18.2 Å². The number of hydrogen-bond acceptors (Lipinski definition) is 2. The average molecular weight is 225 g/mol. The molecule has 0 fully saturated rings. The number of aromatic nitrogens is 3. The third-order valence-corrected chi connectivity index (χ3v) is 2.94. The van der Waals surface area contributed by atoms with Crippen LogP contribution < -0.4 is 0 Å². The van der Waals surface area contributed by atoms with E-state index in [1.54, 1.807) is 6.20 Å². The molecular weight excluding hydrogens is 214 g/mol. The second-order valence-electron chi connectivity index (χ2n) is 3.99. The molecule has 0 bridgehead atoms. The Balaban J connectivity index is 2.37. The predicted octanol–water partition coefficient (Wildman–Crippen LogP) is 2.68. The molecule has 1 aromatic carbocycles. The van der Waals surface area contributed by atoms with Crippen LogP contribution in [0.1, 0.15) is 16.1 Å². The van der Waals surface area contributed by atoms with E-state index in [1.807, 2.05) is 31.2 Å². The number of aromatic amines is 2. The molecule has 0 radical (unpaired) electrons. The van der Waals surface area contributed by atoms with Crippen LogP contribution in [0.25, 0.3) is 22.2 Å². The fourth-order valence-electron chi connectivity index (χ4n) is 2.18. The largest absolute Gasteiger partial charge is 0.358 e. The third kappa shape index (κ3) is 1.38. The summed E-state index contributed by atoms with van der Waals surface area (Å²) in [6.45, 7) is 1.99. The molecule has 0 unspecified atom stereocenters. The first-order chi connectivity index (χ1) is 8.31. The Kier molecular flexibility index (Phi) is 2.08. The van der Waals surface area contributed by atoms with Gasteiger partial charge >= 0.3 is 0 Å². The number of hydrogen-bond donors (Lipinski definition) is 2. The molecular formula is C13H11N3O. The van der Waals surface area contributed by atoms with Crippen molar-refractivity contribution in [1.29, 1.82) is 0 Å². The molecule has 17 heavy (non-hydrogen) atoms. The number of para-hydroxylation sites is 1. The lowest BCUT2D eigenvalue weighted by molar-refractivity contribution is 0.112. The summed E-state index contributed by atoms with van der Waals surface area (Å²) in [7, 11) is 0. The number of nitrogens with one attached hydrogen (secondary N) is 2. The van der Waals surface area contributed by atoms with Gasteiger partial charge in [0, 0.05) is 22.2 Å². The van der Waals surface area contributed by atoms with Crippen LogP contribution in [0.3, 0.4) is 0 Å². The van der Waals surface area contributed by atoms with E-state index >= 15 is 0 Å². The lowest BCUT2D eigenvalue weighted by Crippen LogP contribution is -1.85. The molecule has 0 aliphatic rings. The van der Waals surface area contributed by atoms with Gasteiger partial charge in [0.2, 0.25) is 0 Å². The van der Waals surface area contributed by atoms with Gasteiger partial charge in [0.25, 0.3) is 0 Å². The van der Waals surface area contributed by atoms with Crippen LogP contribution in [0.4, 0.5) is 0 Å². The molecule has 0 spiro atoms. The highest BCUT2D eigenvalue weighted by molar-refractivity contribution is 6.00. The van der Waals surface area contributed by atoms with Crippen molar-refractivity contribution < 1.29 is 4.79 Å². The van der Waals surface area contributed by atoms with Gasteiger partial charge in [0.15, 0.2) is 6.29 Å². The molecule has 0 atom stereocenters. The second-order valence-corrected chi connectivity index (χ2v) is 3.99. The lowest BCUT2D eigenvalue weighted by atomic mass is 10.1. The quantitative estimate of drug-likeness (QED) is 0.658. The average Bonchev–Trinajstić information content (AvgIpc) is 2.90. The third-order valence-electron chi connectivity index (χ3n) is 2.94. The summed E-state index contributed by atoms with van der Waals surface area (Å²) >= 11 is 0. The zero-order valence-corrected chi connectivity index (χ0v) is 9.32. The maximum Gasteiger partial charge on any atom is 0.153 e. The fourth-order valence-corrected chi connectivity index (χ4v) is 2.18. The van der Waals surface area contributed by atoms with E-state index in [4.69, 9.17) is 0 Å². The molecule has 0 saturated carbocycles. The molecule has 4 nitrogen and oxygen atoms in total. The number of aldehydes is 1. The normalized spacial score (nSPS) is 10.9. The second kappa shape index (κ2) is 3.59. The highest BCUT2D eigenvalue weighted by Crippen LogP contribution is 2.31. The maximum atomic E-state index is 11.0. The van der Waals surface area contributed by atoms with E-state index in [2.05, 4.69) is 15.2 Å². The van der Waals surface area contributed by atoms with E-state index in [9.17, 15) is 4.79 Å². The van der Waals surface area contributed by atoms with Gasteiger partial charge in [0.05, 0.1) is 17.5 Å². The van der Waals surface area contributed by atoms with Crippen LogP contribution in [-0.4, -0.2) is 21.5 Å². The number of benzene rings is 1. The molecule has 0 amide bonds. The minimum atomic E-state index is 0.581. The zero-order valence-electron chi connectivity index (χ0n) is 9.32. The van der Waals surface area contributed by atoms with E-state index in [1.165, 1.54) is 0 Å². The van der Waals surface area contributed by atoms with Crippen molar-refractivity contribution in [1.82, 2.24) is 15.2 Å². The molecule has 3 aromatic rings. The minimum absolute atomic E-state index is 0.581. The summed E-state index contributed by atoms with van der Waals surface area (Å²) in [5, 5.41) is 7.91. The predicted molar refractivity (Wildman–Crippen MR) is 66.0 cm³/mol. The van der Waals surface area contributed by atoms with E-state index in [-0.39, 0.29) is 0 Å². The van der Waals surface area contributed by atoms with Crippen LogP contribution in [0.15, 0.2) is 30.5 Å². The van der Waals surface area contributed by atoms with Crippen molar-refractivity contribution in [3.63, 3.8) is 0 Å². The highest BCUT2D eigenvalue weighted by atomic mass is 16.1. The minimum Gasteiger partial charge on any atom is -0.358 e. The van der Waals surface area contributed by atoms with Gasteiger partial charge in [-0.25, -0.2) is 0 Å². The summed E-state index contributed by atoms with van der Waals surface area (Å²) in [6, 6.07) is 8.01. The van der Waals surface area contributed by atoms with E-state index < -0.39 is 0 Å². The van der Waals surface area contributed by atoms with Gasteiger partial charge < -0.3 is 4.98 Å². The number of fused-ring (bicyclic) bond motifs is 1. The van der Waals surface area contributed by atoms with Gasteiger partial charge in [-0.05, 0) is 13.0 Å². The number of nitrogens with zero attached hydrogens (tertiary/aromatic N) is 1. The van der Waals surface area contributed by atoms with Crippen LogP contribution in [0.2, 0.25) is 0 Å². The lowest BCUT2D eigenvalue weighted by Gasteiger charge is -1.98. The van der Waals surface area contributed by atoms with Crippen LogP contribution in [0, 0.1) is 6.92 Å². The van der Waals surface area contributed by atoms with Gasteiger partial charge in [-0.3, -0.25) is 9.89 Å². The first kappa shape index (κ1) is 9.84. The molecule has 0 aliphatic carbocycles. The molecule has 0 saturated heterocycles. The monoisotopic (exact) mass is 225 g/mol. The maximum absolute atomic E-state index is 11.0. The molecule has 4 heteroatoms. The SMILES string of the molecule is Cc1[nH]c2ccccc2c1-c1[nH]ncc1C=O. The number of carbonyl (C=O) groups is 1. The highest BCUT2D eigenvalue weighted by Gasteiger charge is 2.14. The molecule has 2 heterocycles. The number of carbonyl (C=O) groups excluding carboxylic acids is 1. The van der Waals surface area contributed by atoms with Crippen LogP contribution in [0.5, 0.6) is 0 Å². The first-order valence-corrected chi connectivity index (χ1v) is 5.37. The number of aryl methyl sites for hydroxylation is 1. The zero-order chi connectivity index (χ0) is 11.8. The molecule has 84 valence electrons. The summed E-state index contributed by atoms with van der Waals surface area (Å²) in [4.78, 5) is 14.3. The summed E-state index contributed by atoms with van der Waals surface area (Å²) in [5.41, 5.74) is 4.46. The Bertz CT molecular complexity index is 694. The van der Waals surface area contributed by atoms with Crippen molar-refractivity contribution in [2.24, 2.45) is 0 Å². The first-order valence-electron chi connectivity index (χ1n) is 5.37. The summed E-state index contributed by atoms with van der Waals surface area (Å²) in [5.74, 6) is 0.